The van der Waals surface area contributed by atoms with Crippen LogP contribution in [0.1, 0.15) is 12.5 Å². The number of carbonyl (C=O) groups excluding carboxylic acids is 1. The van der Waals surface area contributed by atoms with Gasteiger partial charge in [0.1, 0.15) is 11.4 Å². The van der Waals surface area contributed by atoms with Crippen LogP contribution in [0.15, 0.2) is 65.8 Å². The summed E-state index contributed by atoms with van der Waals surface area (Å²) >= 11 is 1.31. The molecule has 0 aliphatic heterocycles. The van der Waals surface area contributed by atoms with E-state index in [1.807, 2.05) is 62.4 Å². The molecule has 0 N–H and O–H groups in total. The number of aryl methyl sites for hydroxylation is 1. The van der Waals surface area contributed by atoms with Crippen molar-refractivity contribution in [3.63, 3.8) is 0 Å². The van der Waals surface area contributed by atoms with Crippen LogP contribution < -0.4 is 9.64 Å². The molecule has 0 aliphatic carbocycles. The maximum Gasteiger partial charge on any atom is 0.237 e. The number of hydrogen-bond acceptors (Lipinski definition) is 6. The molecule has 3 aromatic carbocycles. The maximum absolute atomic E-state index is 13.1. The van der Waals surface area contributed by atoms with Crippen molar-refractivity contribution in [3.8, 4) is 11.4 Å². The number of carbonyl (C=O) groups is 1. The molecule has 7 nitrogen and oxygen atoms in total. The molecule has 0 saturated carbocycles. The van der Waals surface area contributed by atoms with Crippen molar-refractivity contribution >= 4 is 34.1 Å². The fraction of sp³-hybridized carbons (Fsp3) is 0.217. The number of methoxy groups -OCH3 is 1. The lowest BCUT2D eigenvalue weighted by atomic mass is 10.1. The summed E-state index contributed by atoms with van der Waals surface area (Å²) < 4.78 is 7.07. The average molecular weight is 434 g/mol. The minimum atomic E-state index is -0.00499. The highest BCUT2D eigenvalue weighted by molar-refractivity contribution is 7.99. The molecule has 0 unspecified atom stereocenters. The fourth-order valence-corrected chi connectivity index (χ4v) is 4.27. The first-order valence-corrected chi connectivity index (χ1v) is 10.9. The van der Waals surface area contributed by atoms with Crippen molar-refractivity contribution in [2.75, 3.05) is 24.3 Å². The van der Waals surface area contributed by atoms with Gasteiger partial charge in [-0.25, -0.2) is 0 Å². The summed E-state index contributed by atoms with van der Waals surface area (Å²) in [4.78, 5) is 14.9. The van der Waals surface area contributed by atoms with Crippen LogP contribution in [0.2, 0.25) is 0 Å². The second kappa shape index (κ2) is 9.18. The highest BCUT2D eigenvalue weighted by atomic mass is 32.2. The van der Waals surface area contributed by atoms with Gasteiger partial charge in [-0.05, 0) is 53.4 Å². The Morgan fingerprint density at radius 1 is 1.13 bits per heavy atom. The molecule has 0 aliphatic rings. The zero-order chi connectivity index (χ0) is 21.8. The highest BCUT2D eigenvalue weighted by Crippen LogP contribution is 2.29. The number of fused-ring (bicyclic) bond motifs is 1. The van der Waals surface area contributed by atoms with Gasteiger partial charge in [-0.1, -0.05) is 54.2 Å². The van der Waals surface area contributed by atoms with Crippen molar-refractivity contribution < 1.29 is 9.53 Å². The first-order chi connectivity index (χ1) is 15.1. The highest BCUT2D eigenvalue weighted by Gasteiger charge is 2.19. The third-order valence-electron chi connectivity index (χ3n) is 5.00. The fourth-order valence-electron chi connectivity index (χ4n) is 3.51. The van der Waals surface area contributed by atoms with E-state index < -0.39 is 0 Å². The molecule has 1 aromatic heterocycles. The van der Waals surface area contributed by atoms with Gasteiger partial charge in [0.25, 0.3) is 0 Å². The Morgan fingerprint density at radius 2 is 1.94 bits per heavy atom. The van der Waals surface area contributed by atoms with E-state index in [1.54, 1.807) is 16.7 Å². The van der Waals surface area contributed by atoms with Crippen LogP contribution in [0.5, 0.6) is 5.75 Å². The van der Waals surface area contributed by atoms with Crippen molar-refractivity contribution in [1.82, 2.24) is 20.2 Å². The molecule has 158 valence electrons. The summed E-state index contributed by atoms with van der Waals surface area (Å²) in [6.07, 6.45) is 0. The molecule has 0 atom stereocenters. The van der Waals surface area contributed by atoms with E-state index in [0.717, 1.165) is 27.7 Å². The van der Waals surface area contributed by atoms with Gasteiger partial charge < -0.3 is 9.64 Å². The van der Waals surface area contributed by atoms with Crippen LogP contribution in [-0.2, 0) is 4.79 Å². The normalized spacial score (nSPS) is 10.9. The topological polar surface area (TPSA) is 73.1 Å². The summed E-state index contributed by atoms with van der Waals surface area (Å²) in [6.45, 7) is 4.54. The van der Waals surface area contributed by atoms with Crippen molar-refractivity contribution in [2.45, 2.75) is 19.0 Å². The van der Waals surface area contributed by atoms with E-state index in [2.05, 4.69) is 27.7 Å². The van der Waals surface area contributed by atoms with E-state index in [9.17, 15) is 4.79 Å². The minimum absolute atomic E-state index is 0.00499. The van der Waals surface area contributed by atoms with E-state index in [-0.39, 0.29) is 11.7 Å². The number of anilines is 1. The van der Waals surface area contributed by atoms with E-state index in [1.165, 1.54) is 11.8 Å². The number of nitrogens with zero attached hydrogens (tertiary/aromatic N) is 5. The van der Waals surface area contributed by atoms with Crippen LogP contribution in [-0.4, -0.2) is 45.5 Å². The second-order valence-corrected chi connectivity index (χ2v) is 7.92. The Labute approximate surface area is 185 Å². The van der Waals surface area contributed by atoms with Gasteiger partial charge in [-0.15, -0.1) is 5.10 Å². The van der Waals surface area contributed by atoms with E-state index in [0.29, 0.717) is 17.5 Å². The lowest BCUT2D eigenvalue weighted by Gasteiger charge is -2.22. The summed E-state index contributed by atoms with van der Waals surface area (Å²) in [5, 5.41) is 14.7. The molecule has 8 heteroatoms. The number of ether oxygens (including phenoxy) is 1. The number of tetrazole rings is 1. The molecule has 0 saturated heterocycles. The summed E-state index contributed by atoms with van der Waals surface area (Å²) in [5.41, 5.74) is 2.71. The first kappa shape index (κ1) is 20.9. The van der Waals surface area contributed by atoms with Crippen LogP contribution in [0.25, 0.3) is 16.5 Å². The number of thioether (sulfide) groups is 1. The lowest BCUT2D eigenvalue weighted by molar-refractivity contribution is -0.116. The summed E-state index contributed by atoms with van der Waals surface area (Å²) in [6, 6.07) is 19.9. The van der Waals surface area contributed by atoms with Crippen molar-refractivity contribution in [1.29, 1.82) is 0 Å². The molecule has 31 heavy (non-hydrogen) atoms. The number of amides is 1. The molecule has 0 spiro atoms. The van der Waals surface area contributed by atoms with Crippen LogP contribution in [0, 0.1) is 6.92 Å². The minimum Gasteiger partial charge on any atom is -0.494 e. The Kier molecular flexibility index (Phi) is 6.18. The SMILES string of the molecule is CCN(C(=O)CSc1nnnn1-c1cc(C)ccc1OC)c1cccc2ccccc12. The van der Waals surface area contributed by atoms with Gasteiger partial charge in [0.05, 0.1) is 18.6 Å². The average Bonchev–Trinajstić information content (AvgIpc) is 3.27. The van der Waals surface area contributed by atoms with Crippen LogP contribution >= 0.6 is 11.8 Å². The zero-order valence-electron chi connectivity index (χ0n) is 17.6. The molecule has 0 fully saturated rings. The Balaban J connectivity index is 1.57. The number of aromatic nitrogens is 4. The molecular formula is C23H23N5O2S. The molecule has 1 amide bonds. The monoisotopic (exact) mass is 433 g/mol. The number of hydrogen-bond donors (Lipinski definition) is 0. The van der Waals surface area contributed by atoms with Crippen LogP contribution in [0.3, 0.4) is 0 Å². The predicted octanol–water partition coefficient (Wildman–Crippen LogP) is 4.28. The van der Waals surface area contributed by atoms with Crippen LogP contribution in [0.4, 0.5) is 5.69 Å². The summed E-state index contributed by atoms with van der Waals surface area (Å²) in [7, 11) is 1.61. The van der Waals surface area contributed by atoms with Gasteiger partial charge in [0.2, 0.25) is 11.1 Å². The smallest absolute Gasteiger partial charge is 0.237 e. The van der Waals surface area contributed by atoms with Crippen molar-refractivity contribution in [3.05, 3.63) is 66.2 Å². The number of rotatable bonds is 7. The third-order valence-corrected chi connectivity index (χ3v) is 5.91. The Bertz CT molecular complexity index is 1220. The summed E-state index contributed by atoms with van der Waals surface area (Å²) in [5.74, 6) is 0.873. The Morgan fingerprint density at radius 3 is 2.74 bits per heavy atom. The van der Waals surface area contributed by atoms with Crippen molar-refractivity contribution in [2.24, 2.45) is 0 Å². The molecule has 0 radical (unpaired) electrons. The molecule has 4 rings (SSSR count). The van der Waals surface area contributed by atoms with Gasteiger partial charge in [-0.2, -0.15) is 4.68 Å². The molecule has 4 aromatic rings. The molecular weight excluding hydrogens is 410 g/mol. The standard InChI is InChI=1S/C23H23N5O2S/c1-4-27(19-11-7-9-17-8-5-6-10-18(17)19)22(29)15-31-23-24-25-26-28(23)20-14-16(2)12-13-21(20)30-3/h5-14H,4,15H2,1-3H3. The van der Waals surface area contributed by atoms with E-state index >= 15 is 0 Å². The van der Waals surface area contributed by atoms with Gasteiger partial charge in [-0.3, -0.25) is 4.79 Å². The number of benzene rings is 3. The third kappa shape index (κ3) is 4.25. The molecule has 1 heterocycles. The van der Waals surface area contributed by atoms with E-state index in [4.69, 9.17) is 4.74 Å². The van der Waals surface area contributed by atoms with Gasteiger partial charge >= 0.3 is 0 Å². The second-order valence-electron chi connectivity index (χ2n) is 6.97. The maximum atomic E-state index is 13.1. The molecule has 0 bridgehead atoms. The largest absolute Gasteiger partial charge is 0.494 e. The van der Waals surface area contributed by atoms with Gasteiger partial charge in [0.15, 0.2) is 0 Å². The lowest BCUT2D eigenvalue weighted by Crippen LogP contribution is -2.32. The quantitative estimate of drug-likeness (QED) is 0.405. The Hall–Kier alpha value is -3.39. The zero-order valence-corrected chi connectivity index (χ0v) is 18.5. The van der Waals surface area contributed by atoms with Gasteiger partial charge in [0, 0.05) is 11.9 Å². The first-order valence-electron chi connectivity index (χ1n) is 9.96. The predicted molar refractivity (Wildman–Crippen MR) is 123 cm³/mol.